The Labute approximate surface area is 170 Å². The Morgan fingerprint density at radius 2 is 1.90 bits per heavy atom. The highest BCUT2D eigenvalue weighted by Gasteiger charge is 2.41. The summed E-state index contributed by atoms with van der Waals surface area (Å²) in [5.74, 6) is 1.21. The Bertz CT molecular complexity index is 1230. The quantitative estimate of drug-likeness (QED) is 0.510. The van der Waals surface area contributed by atoms with Gasteiger partial charge >= 0.3 is 0 Å². The first-order valence-corrected chi connectivity index (χ1v) is 10.1. The number of hydrogen-bond acceptors (Lipinski definition) is 5. The monoisotopic (exact) mass is 402 g/mol. The molecule has 142 valence electrons. The van der Waals surface area contributed by atoms with Gasteiger partial charge in [0.2, 0.25) is 5.95 Å². The number of nitrogens with one attached hydrogen (secondary N) is 1. The molecule has 0 spiro atoms. The van der Waals surface area contributed by atoms with Gasteiger partial charge in [0.15, 0.2) is 0 Å². The zero-order chi connectivity index (χ0) is 19.4. The summed E-state index contributed by atoms with van der Waals surface area (Å²) in [6.45, 7) is 0. The molecule has 1 N–H and O–H groups in total. The van der Waals surface area contributed by atoms with Gasteiger partial charge in [0.25, 0.3) is 0 Å². The molecule has 2 aromatic carbocycles. The minimum Gasteiger partial charge on any atom is -0.480 e. The van der Waals surface area contributed by atoms with E-state index in [1.807, 2.05) is 35.0 Å². The number of benzene rings is 2. The van der Waals surface area contributed by atoms with E-state index in [4.69, 9.17) is 4.74 Å². The molecule has 0 aliphatic carbocycles. The maximum absolute atomic E-state index is 13.6. The first kappa shape index (κ1) is 16.5. The van der Waals surface area contributed by atoms with E-state index in [2.05, 4.69) is 26.8 Å². The Hall–Kier alpha value is -3.45. The molecule has 0 unspecified atom stereocenters. The van der Waals surface area contributed by atoms with Crippen molar-refractivity contribution in [1.82, 2.24) is 14.8 Å². The zero-order valence-electron chi connectivity index (χ0n) is 15.1. The molecule has 2 aliphatic heterocycles. The fourth-order valence-electron chi connectivity index (χ4n) is 4.05. The molecule has 5 nitrogen and oxygen atoms in total. The first-order chi connectivity index (χ1) is 14.3. The van der Waals surface area contributed by atoms with Gasteiger partial charge < -0.3 is 10.1 Å². The van der Waals surface area contributed by atoms with E-state index in [0.29, 0.717) is 5.95 Å². The third-order valence-corrected chi connectivity index (χ3v) is 6.23. The Morgan fingerprint density at radius 3 is 2.72 bits per heavy atom. The van der Waals surface area contributed by atoms with Crippen LogP contribution < -0.4 is 10.1 Å². The van der Waals surface area contributed by atoms with Crippen LogP contribution in [0.2, 0.25) is 0 Å². The topological polar surface area (TPSA) is 52.0 Å². The second kappa shape index (κ2) is 6.28. The molecule has 0 radical (unpaired) electrons. The van der Waals surface area contributed by atoms with Crippen LogP contribution in [-0.4, -0.2) is 14.8 Å². The standard InChI is InChI=1S/C22H15FN4OS/c23-14-9-7-13(8-10-14)21-18-19(15-4-1-2-5-16(15)28-21)26-22-24-12-25-27(22)20(18)17-6-3-11-29-17/h1-12,20-21H,(H,24,25,26)/t20-,21-/m0/s1. The fraction of sp³-hybridized carbons (Fsp3) is 0.0909. The number of halogens is 1. The van der Waals surface area contributed by atoms with E-state index in [9.17, 15) is 4.39 Å². The predicted octanol–water partition coefficient (Wildman–Crippen LogP) is 5.04. The average Bonchev–Trinajstić information content (AvgIpc) is 3.44. The number of thiophene rings is 1. The molecule has 29 heavy (non-hydrogen) atoms. The lowest BCUT2D eigenvalue weighted by atomic mass is 9.87. The highest BCUT2D eigenvalue weighted by Crippen LogP contribution is 2.51. The van der Waals surface area contributed by atoms with Crippen molar-refractivity contribution in [2.75, 3.05) is 5.32 Å². The number of aromatic nitrogens is 3. The van der Waals surface area contributed by atoms with E-state index in [-0.39, 0.29) is 18.0 Å². The van der Waals surface area contributed by atoms with Crippen LogP contribution in [0, 0.1) is 5.82 Å². The van der Waals surface area contributed by atoms with Crippen molar-refractivity contribution in [2.45, 2.75) is 12.1 Å². The first-order valence-electron chi connectivity index (χ1n) is 9.25. The molecule has 0 saturated heterocycles. The number of hydrogen-bond donors (Lipinski definition) is 1. The molecular weight excluding hydrogens is 387 g/mol. The zero-order valence-corrected chi connectivity index (χ0v) is 15.9. The Kier molecular flexibility index (Phi) is 3.57. The predicted molar refractivity (Wildman–Crippen MR) is 109 cm³/mol. The van der Waals surface area contributed by atoms with Gasteiger partial charge in [-0.2, -0.15) is 10.1 Å². The second-order valence-electron chi connectivity index (χ2n) is 6.95. The number of rotatable bonds is 2. The van der Waals surface area contributed by atoms with Crippen molar-refractivity contribution in [2.24, 2.45) is 0 Å². The minimum atomic E-state index is -0.377. The molecule has 0 amide bonds. The number of anilines is 1. The lowest BCUT2D eigenvalue weighted by molar-refractivity contribution is 0.223. The molecule has 0 bridgehead atoms. The molecule has 4 aromatic rings. The van der Waals surface area contributed by atoms with Crippen LogP contribution in [0.4, 0.5) is 10.3 Å². The third kappa shape index (κ3) is 2.51. The normalized spacial score (nSPS) is 19.6. The summed E-state index contributed by atoms with van der Waals surface area (Å²) in [6, 6.07) is 18.4. The molecule has 2 aliphatic rings. The van der Waals surface area contributed by atoms with Crippen LogP contribution in [0.15, 0.2) is 77.9 Å². The van der Waals surface area contributed by atoms with Crippen molar-refractivity contribution in [3.8, 4) is 5.75 Å². The molecule has 2 atom stereocenters. The van der Waals surface area contributed by atoms with Gasteiger partial charge in [0, 0.05) is 16.0 Å². The summed E-state index contributed by atoms with van der Waals surface area (Å²) in [5.41, 5.74) is 3.88. The molecule has 6 rings (SSSR count). The van der Waals surface area contributed by atoms with Gasteiger partial charge in [-0.05, 0) is 41.3 Å². The SMILES string of the molecule is Fc1ccc([C@@H]2Oc3ccccc3C3=C2[C@H](c2cccs2)n2ncnc2N3)cc1. The lowest BCUT2D eigenvalue weighted by Gasteiger charge is -2.38. The summed E-state index contributed by atoms with van der Waals surface area (Å²) in [5, 5.41) is 10.00. The summed E-state index contributed by atoms with van der Waals surface area (Å²) in [4.78, 5) is 5.55. The minimum absolute atomic E-state index is 0.160. The van der Waals surface area contributed by atoms with Crippen LogP contribution in [0.1, 0.15) is 28.1 Å². The number of fused-ring (bicyclic) bond motifs is 3. The van der Waals surface area contributed by atoms with E-state index < -0.39 is 0 Å². The molecular formula is C22H15FN4OS. The van der Waals surface area contributed by atoms with Crippen LogP contribution in [0.5, 0.6) is 5.75 Å². The van der Waals surface area contributed by atoms with Gasteiger partial charge in [-0.25, -0.2) is 9.07 Å². The number of ether oxygens (including phenoxy) is 1. The second-order valence-corrected chi connectivity index (χ2v) is 7.93. The number of nitrogens with zero attached hydrogens (tertiary/aromatic N) is 3. The number of para-hydroxylation sites is 1. The van der Waals surface area contributed by atoms with Gasteiger partial charge in [-0.15, -0.1) is 11.3 Å². The maximum atomic E-state index is 13.6. The summed E-state index contributed by atoms with van der Waals surface area (Å²) in [6.07, 6.45) is 1.18. The van der Waals surface area contributed by atoms with Crippen LogP contribution in [0.25, 0.3) is 5.70 Å². The highest BCUT2D eigenvalue weighted by molar-refractivity contribution is 7.10. The van der Waals surface area contributed by atoms with Crippen LogP contribution in [-0.2, 0) is 0 Å². The largest absolute Gasteiger partial charge is 0.480 e. The Morgan fingerprint density at radius 1 is 1.03 bits per heavy atom. The summed E-state index contributed by atoms with van der Waals surface area (Å²) in [7, 11) is 0. The van der Waals surface area contributed by atoms with E-state index in [1.165, 1.54) is 12.1 Å². The molecule has 4 heterocycles. The van der Waals surface area contributed by atoms with Crippen molar-refractivity contribution in [3.05, 3.63) is 99.8 Å². The lowest BCUT2D eigenvalue weighted by Crippen LogP contribution is -2.32. The summed E-state index contributed by atoms with van der Waals surface area (Å²) < 4.78 is 22.0. The van der Waals surface area contributed by atoms with Gasteiger partial charge in [0.05, 0.1) is 5.70 Å². The van der Waals surface area contributed by atoms with Crippen molar-refractivity contribution >= 4 is 23.0 Å². The fourth-order valence-corrected chi connectivity index (χ4v) is 4.88. The summed E-state index contributed by atoms with van der Waals surface area (Å²) >= 11 is 1.67. The van der Waals surface area contributed by atoms with Crippen LogP contribution in [0.3, 0.4) is 0 Å². The van der Waals surface area contributed by atoms with Gasteiger partial charge in [-0.3, -0.25) is 0 Å². The molecule has 7 heteroatoms. The van der Waals surface area contributed by atoms with Crippen molar-refractivity contribution < 1.29 is 9.13 Å². The van der Waals surface area contributed by atoms with E-state index in [0.717, 1.165) is 33.0 Å². The smallest absolute Gasteiger partial charge is 0.226 e. The molecule has 2 aromatic heterocycles. The van der Waals surface area contributed by atoms with Crippen molar-refractivity contribution in [1.29, 1.82) is 0 Å². The van der Waals surface area contributed by atoms with Crippen molar-refractivity contribution in [3.63, 3.8) is 0 Å². The van der Waals surface area contributed by atoms with Gasteiger partial charge in [-0.1, -0.05) is 30.3 Å². The molecule has 0 saturated carbocycles. The van der Waals surface area contributed by atoms with E-state index >= 15 is 0 Å². The molecule has 0 fully saturated rings. The third-order valence-electron chi connectivity index (χ3n) is 5.31. The highest BCUT2D eigenvalue weighted by atomic mass is 32.1. The van der Waals surface area contributed by atoms with E-state index in [1.54, 1.807) is 29.8 Å². The van der Waals surface area contributed by atoms with Crippen LogP contribution >= 0.6 is 11.3 Å². The maximum Gasteiger partial charge on any atom is 0.226 e. The Balaban J connectivity index is 1.63. The average molecular weight is 402 g/mol. The van der Waals surface area contributed by atoms with Gasteiger partial charge in [0.1, 0.15) is 30.0 Å².